The SMILES string of the molecule is CCCC(=O)Nc1ccc(C(=O)COC(=O)[C@H]2CC(=O)N(Cc3ccco3)C2)cc1. The van der Waals surface area contributed by atoms with E-state index < -0.39 is 18.5 Å². The molecule has 1 aliphatic rings. The fourth-order valence-corrected chi connectivity index (χ4v) is 3.20. The van der Waals surface area contributed by atoms with Crippen LogP contribution in [0.5, 0.6) is 0 Å². The number of nitrogens with zero attached hydrogens (tertiary/aromatic N) is 1. The lowest BCUT2D eigenvalue weighted by molar-refractivity contribution is -0.147. The van der Waals surface area contributed by atoms with Gasteiger partial charge < -0.3 is 19.4 Å². The molecule has 0 aliphatic carbocycles. The third-order valence-corrected chi connectivity index (χ3v) is 4.79. The molecular formula is C22H24N2O6. The van der Waals surface area contributed by atoms with Crippen LogP contribution in [-0.2, 0) is 25.7 Å². The second-order valence-corrected chi connectivity index (χ2v) is 7.16. The molecule has 0 spiro atoms. The van der Waals surface area contributed by atoms with Gasteiger partial charge in [-0.1, -0.05) is 6.92 Å². The van der Waals surface area contributed by atoms with Crippen LogP contribution in [0.25, 0.3) is 0 Å². The summed E-state index contributed by atoms with van der Waals surface area (Å²) in [6.07, 6.45) is 2.76. The summed E-state index contributed by atoms with van der Waals surface area (Å²) >= 11 is 0. The van der Waals surface area contributed by atoms with Gasteiger partial charge in [-0.2, -0.15) is 0 Å². The van der Waals surface area contributed by atoms with Crippen LogP contribution in [0.1, 0.15) is 42.3 Å². The molecule has 2 heterocycles. The Kier molecular flexibility index (Phi) is 7.00. The van der Waals surface area contributed by atoms with Crippen LogP contribution in [-0.4, -0.2) is 41.6 Å². The normalized spacial score (nSPS) is 15.8. The number of ether oxygens (including phenoxy) is 1. The smallest absolute Gasteiger partial charge is 0.311 e. The second kappa shape index (κ2) is 9.87. The predicted molar refractivity (Wildman–Crippen MR) is 108 cm³/mol. The highest BCUT2D eigenvalue weighted by molar-refractivity contribution is 5.99. The summed E-state index contributed by atoms with van der Waals surface area (Å²) in [6.45, 7) is 2.05. The van der Waals surface area contributed by atoms with E-state index in [1.54, 1.807) is 36.4 Å². The lowest BCUT2D eigenvalue weighted by atomic mass is 10.1. The van der Waals surface area contributed by atoms with Gasteiger partial charge in [0.25, 0.3) is 0 Å². The fraction of sp³-hybridized carbons (Fsp3) is 0.364. The minimum absolute atomic E-state index is 0.0554. The van der Waals surface area contributed by atoms with Gasteiger partial charge in [0.1, 0.15) is 5.76 Å². The minimum Gasteiger partial charge on any atom is -0.467 e. The van der Waals surface area contributed by atoms with Crippen molar-refractivity contribution in [2.45, 2.75) is 32.7 Å². The fourth-order valence-electron chi connectivity index (χ4n) is 3.20. The van der Waals surface area contributed by atoms with Gasteiger partial charge in [-0.3, -0.25) is 19.2 Å². The molecule has 3 rings (SSSR count). The first-order valence-electron chi connectivity index (χ1n) is 9.86. The molecule has 0 bridgehead atoms. The lowest BCUT2D eigenvalue weighted by Gasteiger charge is -2.14. The van der Waals surface area contributed by atoms with Gasteiger partial charge in [0.15, 0.2) is 12.4 Å². The number of nitrogens with one attached hydrogen (secondary N) is 1. The van der Waals surface area contributed by atoms with E-state index in [2.05, 4.69) is 5.32 Å². The second-order valence-electron chi connectivity index (χ2n) is 7.16. The molecule has 8 heteroatoms. The van der Waals surface area contributed by atoms with Gasteiger partial charge >= 0.3 is 5.97 Å². The average molecular weight is 412 g/mol. The van der Waals surface area contributed by atoms with Gasteiger partial charge in [0.05, 0.1) is 18.7 Å². The van der Waals surface area contributed by atoms with Crippen LogP contribution in [0.4, 0.5) is 5.69 Å². The number of anilines is 1. The monoisotopic (exact) mass is 412 g/mol. The maximum atomic E-state index is 12.3. The van der Waals surface area contributed by atoms with E-state index in [1.165, 1.54) is 11.2 Å². The molecule has 8 nitrogen and oxygen atoms in total. The zero-order chi connectivity index (χ0) is 21.5. The Balaban J connectivity index is 1.46. The Labute approximate surface area is 174 Å². The Morgan fingerprint density at radius 2 is 1.97 bits per heavy atom. The zero-order valence-electron chi connectivity index (χ0n) is 16.8. The molecule has 30 heavy (non-hydrogen) atoms. The molecule has 0 saturated carbocycles. The first-order valence-corrected chi connectivity index (χ1v) is 9.86. The highest BCUT2D eigenvalue weighted by Crippen LogP contribution is 2.22. The Hall–Kier alpha value is -3.42. The Morgan fingerprint density at radius 1 is 1.20 bits per heavy atom. The molecule has 1 atom stereocenters. The number of hydrogen-bond donors (Lipinski definition) is 1. The number of ketones is 1. The highest BCUT2D eigenvalue weighted by Gasteiger charge is 2.35. The number of furan rings is 1. The molecule has 1 aliphatic heterocycles. The molecule has 1 fully saturated rings. The average Bonchev–Trinajstić information content (AvgIpc) is 3.37. The van der Waals surface area contributed by atoms with E-state index >= 15 is 0 Å². The number of amides is 2. The standard InChI is InChI=1S/C22H24N2O6/c1-2-4-20(26)23-17-8-6-15(7-9-17)19(25)14-30-22(28)16-11-21(27)24(12-16)13-18-5-3-10-29-18/h3,5-10,16H,2,4,11-14H2,1H3,(H,23,26)/t16-/m0/s1. The van der Waals surface area contributed by atoms with Crippen LogP contribution >= 0.6 is 0 Å². The molecule has 158 valence electrons. The van der Waals surface area contributed by atoms with Gasteiger partial charge in [0, 0.05) is 30.6 Å². The minimum atomic E-state index is -0.601. The summed E-state index contributed by atoms with van der Waals surface area (Å²) in [7, 11) is 0. The van der Waals surface area contributed by atoms with Crippen molar-refractivity contribution in [3.05, 3.63) is 54.0 Å². The molecule has 2 aromatic rings. The molecule has 1 aromatic carbocycles. The van der Waals surface area contributed by atoms with E-state index in [0.29, 0.717) is 30.0 Å². The molecule has 1 aromatic heterocycles. The summed E-state index contributed by atoms with van der Waals surface area (Å²) < 4.78 is 10.4. The number of carbonyl (C=O) groups excluding carboxylic acids is 4. The molecule has 0 unspecified atom stereocenters. The summed E-state index contributed by atoms with van der Waals surface area (Å²) in [5, 5.41) is 2.74. The number of Topliss-reactive ketones (excluding diaryl/α,β-unsaturated/α-hetero) is 1. The van der Waals surface area contributed by atoms with Gasteiger partial charge in [-0.15, -0.1) is 0 Å². The molecule has 0 radical (unpaired) electrons. The Morgan fingerprint density at radius 3 is 2.63 bits per heavy atom. The van der Waals surface area contributed by atoms with Crippen LogP contribution in [0, 0.1) is 5.92 Å². The van der Waals surface area contributed by atoms with Crippen molar-refractivity contribution in [1.82, 2.24) is 4.90 Å². The van der Waals surface area contributed by atoms with Crippen LogP contribution in [0.3, 0.4) is 0 Å². The maximum absolute atomic E-state index is 12.3. The maximum Gasteiger partial charge on any atom is 0.311 e. The first-order chi connectivity index (χ1) is 14.5. The van der Waals surface area contributed by atoms with Crippen molar-refractivity contribution in [1.29, 1.82) is 0 Å². The number of hydrogen-bond acceptors (Lipinski definition) is 6. The third kappa shape index (κ3) is 5.56. The van der Waals surface area contributed by atoms with E-state index in [0.717, 1.165) is 6.42 Å². The van der Waals surface area contributed by atoms with Crippen LogP contribution in [0.15, 0.2) is 47.1 Å². The molecule has 1 saturated heterocycles. The lowest BCUT2D eigenvalue weighted by Crippen LogP contribution is -2.27. The van der Waals surface area contributed by atoms with Crippen molar-refractivity contribution in [2.75, 3.05) is 18.5 Å². The number of benzene rings is 1. The number of rotatable bonds is 9. The van der Waals surface area contributed by atoms with E-state index in [9.17, 15) is 19.2 Å². The Bertz CT molecular complexity index is 904. The van der Waals surface area contributed by atoms with Crippen molar-refractivity contribution in [3.8, 4) is 0 Å². The molecule has 1 N–H and O–H groups in total. The first kappa shape index (κ1) is 21.3. The van der Waals surface area contributed by atoms with Gasteiger partial charge in [0.2, 0.25) is 11.8 Å². The van der Waals surface area contributed by atoms with Crippen molar-refractivity contribution in [2.24, 2.45) is 5.92 Å². The zero-order valence-corrected chi connectivity index (χ0v) is 16.8. The van der Waals surface area contributed by atoms with E-state index in [4.69, 9.17) is 9.15 Å². The van der Waals surface area contributed by atoms with Crippen LogP contribution in [0.2, 0.25) is 0 Å². The van der Waals surface area contributed by atoms with Crippen LogP contribution < -0.4 is 5.32 Å². The summed E-state index contributed by atoms with van der Waals surface area (Å²) in [6, 6.07) is 9.90. The topological polar surface area (TPSA) is 106 Å². The predicted octanol–water partition coefficient (Wildman–Crippen LogP) is 2.79. The van der Waals surface area contributed by atoms with Crippen molar-refractivity contribution in [3.63, 3.8) is 0 Å². The molecular weight excluding hydrogens is 388 g/mol. The highest BCUT2D eigenvalue weighted by atomic mass is 16.5. The number of carbonyl (C=O) groups is 4. The van der Waals surface area contributed by atoms with Gasteiger partial charge in [-0.25, -0.2) is 0 Å². The van der Waals surface area contributed by atoms with Crippen molar-refractivity contribution < 1.29 is 28.3 Å². The van der Waals surface area contributed by atoms with E-state index in [-0.39, 0.29) is 30.6 Å². The third-order valence-electron chi connectivity index (χ3n) is 4.79. The summed E-state index contributed by atoms with van der Waals surface area (Å²) in [5.74, 6) is -1.12. The largest absolute Gasteiger partial charge is 0.467 e. The summed E-state index contributed by atoms with van der Waals surface area (Å²) in [5.41, 5.74) is 0.973. The number of esters is 1. The van der Waals surface area contributed by atoms with E-state index in [1.807, 2.05) is 6.92 Å². The summed E-state index contributed by atoms with van der Waals surface area (Å²) in [4.78, 5) is 49.8. The number of likely N-dealkylation sites (tertiary alicyclic amines) is 1. The van der Waals surface area contributed by atoms with Gasteiger partial charge in [-0.05, 0) is 42.8 Å². The molecule has 2 amide bonds. The quantitative estimate of drug-likeness (QED) is 0.501. The van der Waals surface area contributed by atoms with Crippen molar-refractivity contribution >= 4 is 29.3 Å².